The van der Waals surface area contributed by atoms with Crippen LogP contribution in [-0.4, -0.2) is 55.5 Å². The van der Waals surface area contributed by atoms with Crippen LogP contribution >= 0.6 is 24.2 Å². The Morgan fingerprint density at radius 3 is 2.52 bits per heavy atom. The minimum absolute atomic E-state index is 0. The third-order valence-electron chi connectivity index (χ3n) is 4.18. The van der Waals surface area contributed by atoms with Gasteiger partial charge in [0.25, 0.3) is 5.91 Å². The van der Waals surface area contributed by atoms with Gasteiger partial charge in [-0.3, -0.25) is 4.79 Å². The third kappa shape index (κ3) is 7.05. The maximum Gasteiger partial charge on any atom is 0.263 e. The van der Waals surface area contributed by atoms with Crippen molar-refractivity contribution in [1.29, 1.82) is 0 Å². The van der Waals surface area contributed by atoms with Gasteiger partial charge in [-0.25, -0.2) is 0 Å². The van der Waals surface area contributed by atoms with Crippen molar-refractivity contribution in [3.63, 3.8) is 0 Å². The van der Waals surface area contributed by atoms with Gasteiger partial charge >= 0.3 is 0 Å². The number of halogens is 1. The van der Waals surface area contributed by atoms with Crippen LogP contribution in [0.2, 0.25) is 0 Å². The average Bonchev–Trinajstić information content (AvgIpc) is 2.62. The number of thioether (sulfide) groups is 1. The molecule has 0 aromatic heterocycles. The van der Waals surface area contributed by atoms with Crippen LogP contribution in [0.25, 0.3) is 0 Å². The molecule has 2 rings (SSSR count). The van der Waals surface area contributed by atoms with Gasteiger partial charge in [0.1, 0.15) is 5.75 Å². The molecule has 0 bridgehead atoms. The van der Waals surface area contributed by atoms with Crippen molar-refractivity contribution < 1.29 is 14.3 Å². The zero-order valence-electron chi connectivity index (χ0n) is 15.0. The van der Waals surface area contributed by atoms with Gasteiger partial charge in [0.15, 0.2) is 6.10 Å². The first-order chi connectivity index (χ1) is 11.6. The van der Waals surface area contributed by atoms with Crippen molar-refractivity contribution in [2.45, 2.75) is 43.3 Å². The van der Waals surface area contributed by atoms with Crippen molar-refractivity contribution >= 4 is 30.1 Å². The Morgan fingerprint density at radius 2 is 1.96 bits per heavy atom. The molecule has 0 radical (unpaired) electrons. The first-order valence-corrected chi connectivity index (χ1v) is 9.77. The van der Waals surface area contributed by atoms with Crippen LogP contribution < -0.4 is 10.5 Å². The summed E-state index contributed by atoms with van der Waals surface area (Å²) in [5, 5.41) is 0. The van der Waals surface area contributed by atoms with E-state index in [1.165, 1.54) is 4.90 Å². The zero-order valence-corrected chi connectivity index (χ0v) is 16.6. The molecule has 25 heavy (non-hydrogen) atoms. The highest BCUT2D eigenvalue weighted by Gasteiger charge is 2.27. The lowest BCUT2D eigenvalue weighted by Crippen LogP contribution is -2.46. The summed E-state index contributed by atoms with van der Waals surface area (Å²) in [6.07, 6.45) is 4.46. The molecule has 1 heterocycles. The fraction of sp³-hybridized carbons (Fsp3) is 0.611. The molecule has 5 nitrogen and oxygen atoms in total. The van der Waals surface area contributed by atoms with Crippen LogP contribution in [0.3, 0.4) is 0 Å². The summed E-state index contributed by atoms with van der Waals surface area (Å²) in [4.78, 5) is 15.6. The monoisotopic (exact) mass is 388 g/mol. The van der Waals surface area contributed by atoms with E-state index in [2.05, 4.69) is 0 Å². The molecule has 1 amide bonds. The van der Waals surface area contributed by atoms with Crippen molar-refractivity contribution in [3.05, 3.63) is 24.3 Å². The first-order valence-electron chi connectivity index (χ1n) is 8.55. The number of carbonyl (C=O) groups excluding carboxylic acids is 1. The van der Waals surface area contributed by atoms with Gasteiger partial charge in [-0.15, -0.1) is 24.2 Å². The Bertz CT molecular complexity index is 508. The highest BCUT2D eigenvalue weighted by molar-refractivity contribution is 7.98. The Morgan fingerprint density at radius 1 is 1.32 bits per heavy atom. The number of nitrogens with zero attached hydrogens (tertiary/aromatic N) is 1. The number of rotatable bonds is 8. The predicted molar refractivity (Wildman–Crippen MR) is 105 cm³/mol. The van der Waals surface area contributed by atoms with E-state index in [1.54, 1.807) is 11.8 Å². The lowest BCUT2D eigenvalue weighted by atomic mass is 10.1. The first kappa shape index (κ1) is 22.1. The number of hydrogen-bond acceptors (Lipinski definition) is 5. The molecule has 2 N–H and O–H groups in total. The van der Waals surface area contributed by atoms with Crippen LogP contribution in [0, 0.1) is 0 Å². The molecular weight excluding hydrogens is 360 g/mol. The van der Waals surface area contributed by atoms with Gasteiger partial charge in [-0.2, -0.15) is 0 Å². The number of piperidine rings is 1. The van der Waals surface area contributed by atoms with Crippen molar-refractivity contribution in [2.75, 3.05) is 32.5 Å². The molecule has 1 unspecified atom stereocenters. The number of hydrogen-bond donors (Lipinski definition) is 1. The van der Waals surface area contributed by atoms with Crippen molar-refractivity contribution in [2.24, 2.45) is 5.73 Å². The third-order valence-corrected chi connectivity index (χ3v) is 4.92. The summed E-state index contributed by atoms with van der Waals surface area (Å²) < 4.78 is 11.6. The van der Waals surface area contributed by atoms with E-state index in [0.29, 0.717) is 13.2 Å². The molecule has 1 aliphatic rings. The van der Waals surface area contributed by atoms with Crippen LogP contribution in [-0.2, 0) is 9.53 Å². The summed E-state index contributed by atoms with van der Waals surface area (Å²) in [7, 11) is 0. The maximum absolute atomic E-state index is 12.5. The van der Waals surface area contributed by atoms with E-state index in [-0.39, 0.29) is 24.4 Å². The van der Waals surface area contributed by atoms with Crippen LogP contribution in [0.1, 0.15) is 26.2 Å². The summed E-state index contributed by atoms with van der Waals surface area (Å²) >= 11 is 1.68. The molecule has 1 saturated heterocycles. The quantitative estimate of drug-likeness (QED) is 0.548. The molecule has 0 spiro atoms. The number of likely N-dealkylation sites (tertiary alicyclic amines) is 1. The van der Waals surface area contributed by atoms with Crippen LogP contribution in [0.5, 0.6) is 5.75 Å². The van der Waals surface area contributed by atoms with Crippen LogP contribution in [0.4, 0.5) is 0 Å². The zero-order chi connectivity index (χ0) is 17.4. The molecule has 1 aromatic carbocycles. The van der Waals surface area contributed by atoms with Gasteiger partial charge < -0.3 is 20.1 Å². The Labute approximate surface area is 161 Å². The number of benzene rings is 1. The molecule has 0 saturated carbocycles. The Balaban J connectivity index is 0.00000312. The van der Waals surface area contributed by atoms with E-state index in [1.807, 2.05) is 42.3 Å². The Kier molecular flexibility index (Phi) is 10.3. The fourth-order valence-corrected chi connectivity index (χ4v) is 3.15. The number of ether oxygens (including phenoxy) is 2. The van der Waals surface area contributed by atoms with E-state index < -0.39 is 6.10 Å². The molecule has 142 valence electrons. The molecule has 1 aromatic rings. The van der Waals surface area contributed by atoms with Gasteiger partial charge in [0, 0.05) is 24.6 Å². The molecule has 7 heteroatoms. The van der Waals surface area contributed by atoms with Gasteiger partial charge in [-0.1, -0.05) is 0 Å². The van der Waals surface area contributed by atoms with Gasteiger partial charge in [0.05, 0.1) is 6.10 Å². The highest BCUT2D eigenvalue weighted by Crippen LogP contribution is 2.21. The van der Waals surface area contributed by atoms with E-state index in [0.717, 1.165) is 38.1 Å². The summed E-state index contributed by atoms with van der Waals surface area (Å²) in [5.74, 6) is 0.776. The van der Waals surface area contributed by atoms with Crippen molar-refractivity contribution in [1.82, 2.24) is 4.90 Å². The second-order valence-corrected chi connectivity index (χ2v) is 6.85. The second kappa shape index (κ2) is 11.6. The molecular formula is C18H29ClN2O3S. The van der Waals surface area contributed by atoms with E-state index >= 15 is 0 Å². The smallest absolute Gasteiger partial charge is 0.263 e. The lowest BCUT2D eigenvalue weighted by Gasteiger charge is -2.33. The number of carbonyl (C=O) groups is 1. The van der Waals surface area contributed by atoms with Gasteiger partial charge in [-0.05, 0) is 63.3 Å². The topological polar surface area (TPSA) is 64.8 Å². The highest BCUT2D eigenvalue weighted by atomic mass is 35.5. The van der Waals surface area contributed by atoms with Crippen LogP contribution in [0.15, 0.2) is 29.2 Å². The summed E-state index contributed by atoms with van der Waals surface area (Å²) in [6.45, 7) is 4.63. The maximum atomic E-state index is 12.5. The predicted octanol–water partition coefficient (Wildman–Crippen LogP) is 2.95. The minimum atomic E-state index is -0.472. The second-order valence-electron chi connectivity index (χ2n) is 5.97. The Hall–Kier alpha value is -0.950. The average molecular weight is 389 g/mol. The summed E-state index contributed by atoms with van der Waals surface area (Å²) in [6, 6.07) is 7.82. The SMILES string of the molecule is CSc1ccc(OC(C)C(=O)N2CCC(OCCCN)CC2)cc1.Cl. The molecule has 1 atom stereocenters. The van der Waals surface area contributed by atoms with E-state index in [9.17, 15) is 4.79 Å². The number of amides is 1. The molecule has 0 aliphatic carbocycles. The normalized spacial score (nSPS) is 16.2. The molecule has 1 aliphatic heterocycles. The van der Waals surface area contributed by atoms with Gasteiger partial charge in [0.2, 0.25) is 0 Å². The number of nitrogens with two attached hydrogens (primary N) is 1. The van der Waals surface area contributed by atoms with E-state index in [4.69, 9.17) is 15.2 Å². The molecule has 1 fully saturated rings. The van der Waals surface area contributed by atoms with Crippen molar-refractivity contribution in [3.8, 4) is 5.75 Å². The summed E-state index contributed by atoms with van der Waals surface area (Å²) in [5.41, 5.74) is 5.47. The fourth-order valence-electron chi connectivity index (χ4n) is 2.74. The standard InChI is InChI=1S/C18H28N2O3S.ClH/c1-14(23-16-4-6-17(24-2)7-5-16)18(21)20-11-8-15(9-12-20)22-13-3-10-19;/h4-7,14-15H,3,8-13,19H2,1-2H3;1H. The lowest BCUT2D eigenvalue weighted by molar-refractivity contribution is -0.140. The largest absolute Gasteiger partial charge is 0.481 e. The minimum Gasteiger partial charge on any atom is -0.481 e.